The first-order chi connectivity index (χ1) is 9.25. The van der Waals surface area contributed by atoms with Crippen LogP contribution in [0, 0.1) is 5.82 Å². The Morgan fingerprint density at radius 2 is 2.20 bits per heavy atom. The molecule has 1 N–H and O–H groups in total. The zero-order valence-corrected chi connectivity index (χ0v) is 13.5. The Hall–Kier alpha value is -0.640. The molecule has 1 fully saturated rings. The number of carboxylic acids is 1. The fraction of sp³-hybridized carbons (Fsp3) is 0.364. The molecular weight excluding hydrogens is 373 g/mol. The maximum atomic E-state index is 13.5. The van der Waals surface area contributed by atoms with Crippen LogP contribution in [0.3, 0.4) is 0 Å². The second-order valence-corrected chi connectivity index (χ2v) is 8.24. The molecule has 0 radical (unpaired) electrons. The summed E-state index contributed by atoms with van der Waals surface area (Å²) in [5.74, 6) is -1.74. The lowest BCUT2D eigenvalue weighted by atomic mass is 10.3. The van der Waals surface area contributed by atoms with Gasteiger partial charge in [-0.15, -0.1) is 11.8 Å². The third kappa shape index (κ3) is 2.72. The normalized spacial score (nSPS) is 23.9. The van der Waals surface area contributed by atoms with E-state index in [0.717, 1.165) is 10.4 Å². The van der Waals surface area contributed by atoms with E-state index >= 15 is 0 Å². The minimum absolute atomic E-state index is 0.148. The van der Waals surface area contributed by atoms with Crippen LogP contribution < -0.4 is 0 Å². The fourth-order valence-corrected chi connectivity index (χ4v) is 5.48. The lowest BCUT2D eigenvalue weighted by Crippen LogP contribution is -2.44. The number of carboxylic acid groups (broad SMARTS) is 1. The molecule has 0 bridgehead atoms. The quantitative estimate of drug-likeness (QED) is 0.864. The van der Waals surface area contributed by atoms with Crippen molar-refractivity contribution in [1.82, 2.24) is 4.31 Å². The topological polar surface area (TPSA) is 74.7 Å². The average molecular weight is 384 g/mol. The summed E-state index contributed by atoms with van der Waals surface area (Å²) >= 11 is 4.18. The monoisotopic (exact) mass is 383 g/mol. The van der Waals surface area contributed by atoms with Gasteiger partial charge in [-0.3, -0.25) is 4.79 Å². The molecule has 1 aromatic carbocycles. The molecule has 0 saturated carbocycles. The van der Waals surface area contributed by atoms with Crippen LogP contribution in [0.2, 0.25) is 0 Å². The van der Waals surface area contributed by atoms with Crippen molar-refractivity contribution in [1.29, 1.82) is 0 Å². The summed E-state index contributed by atoms with van der Waals surface area (Å²) < 4.78 is 39.5. The highest BCUT2D eigenvalue weighted by Gasteiger charge is 2.44. The predicted molar refractivity (Wildman–Crippen MR) is 76.5 cm³/mol. The van der Waals surface area contributed by atoms with Gasteiger partial charge in [-0.25, -0.2) is 12.8 Å². The van der Waals surface area contributed by atoms with Crippen molar-refractivity contribution in [2.24, 2.45) is 0 Å². The highest BCUT2D eigenvalue weighted by atomic mass is 79.9. The lowest BCUT2D eigenvalue weighted by molar-refractivity contribution is -0.140. The van der Waals surface area contributed by atoms with Crippen molar-refractivity contribution in [3.05, 3.63) is 28.5 Å². The number of aliphatic carboxylic acids is 1. The number of halogens is 2. The largest absolute Gasteiger partial charge is 0.480 e. The van der Waals surface area contributed by atoms with Crippen molar-refractivity contribution in [3.8, 4) is 0 Å². The number of sulfonamides is 1. The molecular formula is C11H11BrFNO4S2. The van der Waals surface area contributed by atoms with Crippen LogP contribution in [-0.2, 0) is 14.8 Å². The number of thioether (sulfide) groups is 1. The first-order valence-corrected chi connectivity index (χ1v) is 8.86. The second-order valence-electron chi connectivity index (χ2n) is 4.20. The van der Waals surface area contributed by atoms with Gasteiger partial charge in [0.25, 0.3) is 0 Å². The number of hydrogen-bond acceptors (Lipinski definition) is 4. The van der Waals surface area contributed by atoms with Gasteiger partial charge < -0.3 is 5.11 Å². The zero-order valence-electron chi connectivity index (χ0n) is 10.3. The Labute approximate surface area is 128 Å². The van der Waals surface area contributed by atoms with Crippen LogP contribution in [0.1, 0.15) is 6.92 Å². The van der Waals surface area contributed by atoms with E-state index in [1.165, 1.54) is 23.9 Å². The molecule has 110 valence electrons. The minimum atomic E-state index is -4.05. The summed E-state index contributed by atoms with van der Waals surface area (Å²) in [6.07, 6.45) is 0. The van der Waals surface area contributed by atoms with Crippen molar-refractivity contribution < 1.29 is 22.7 Å². The zero-order chi connectivity index (χ0) is 15.1. The molecule has 1 aliphatic rings. The molecule has 5 nitrogen and oxygen atoms in total. The summed E-state index contributed by atoms with van der Waals surface area (Å²) in [6.45, 7) is 1.61. The van der Waals surface area contributed by atoms with E-state index in [-0.39, 0.29) is 15.1 Å². The van der Waals surface area contributed by atoms with E-state index in [0.29, 0.717) is 0 Å². The molecule has 2 unspecified atom stereocenters. The van der Waals surface area contributed by atoms with Gasteiger partial charge in [0.1, 0.15) is 11.9 Å². The number of rotatable bonds is 3. The highest BCUT2D eigenvalue weighted by Crippen LogP contribution is 2.34. The van der Waals surface area contributed by atoms with E-state index in [9.17, 15) is 17.6 Å². The maximum absolute atomic E-state index is 13.5. The molecule has 20 heavy (non-hydrogen) atoms. The first kappa shape index (κ1) is 15.7. The first-order valence-electron chi connectivity index (χ1n) is 5.58. The predicted octanol–water partition coefficient (Wildman–Crippen LogP) is 2.12. The Morgan fingerprint density at radius 3 is 2.75 bits per heavy atom. The number of hydrogen-bond donors (Lipinski definition) is 1. The molecule has 1 saturated heterocycles. The van der Waals surface area contributed by atoms with E-state index in [4.69, 9.17) is 5.11 Å². The lowest BCUT2D eigenvalue weighted by Gasteiger charge is -2.24. The van der Waals surface area contributed by atoms with Crippen LogP contribution in [0.5, 0.6) is 0 Å². The van der Waals surface area contributed by atoms with Crippen molar-refractivity contribution in [3.63, 3.8) is 0 Å². The van der Waals surface area contributed by atoms with Crippen LogP contribution in [-0.4, -0.2) is 41.0 Å². The van der Waals surface area contributed by atoms with Gasteiger partial charge in [0.2, 0.25) is 10.0 Å². The van der Waals surface area contributed by atoms with Gasteiger partial charge in [0.15, 0.2) is 0 Å². The van der Waals surface area contributed by atoms with Crippen LogP contribution in [0.15, 0.2) is 27.6 Å². The smallest absolute Gasteiger partial charge is 0.322 e. The average Bonchev–Trinajstić information content (AvgIpc) is 2.75. The third-order valence-corrected chi connectivity index (χ3v) is 6.88. The van der Waals surface area contributed by atoms with Gasteiger partial charge in [-0.05, 0) is 41.1 Å². The van der Waals surface area contributed by atoms with E-state index < -0.39 is 33.2 Å². The van der Waals surface area contributed by atoms with Crippen LogP contribution >= 0.6 is 27.7 Å². The standard InChI is InChI=1S/C11H11BrFNO4S2/c1-6-14(10(5-19-6)11(15)16)20(17,18)7-2-3-8(12)9(13)4-7/h2-4,6,10H,5H2,1H3,(H,15,16). The molecule has 2 rings (SSSR count). The SMILES string of the molecule is CC1SCC(C(=O)O)N1S(=O)(=O)c1ccc(Br)c(F)c1. The summed E-state index contributed by atoms with van der Waals surface area (Å²) in [6, 6.07) is 2.28. The molecule has 0 aromatic heterocycles. The molecule has 1 aromatic rings. The van der Waals surface area contributed by atoms with Crippen LogP contribution in [0.4, 0.5) is 4.39 Å². The number of nitrogens with zero attached hydrogens (tertiary/aromatic N) is 1. The molecule has 0 aliphatic carbocycles. The van der Waals surface area contributed by atoms with Crippen molar-refractivity contribution in [2.75, 3.05) is 5.75 Å². The summed E-state index contributed by atoms with van der Waals surface area (Å²) in [4.78, 5) is 10.9. The fourth-order valence-electron chi connectivity index (χ4n) is 1.93. The Morgan fingerprint density at radius 1 is 1.55 bits per heavy atom. The molecule has 9 heteroatoms. The molecule has 1 aliphatic heterocycles. The van der Waals surface area contributed by atoms with E-state index in [1.54, 1.807) is 6.92 Å². The molecule has 1 heterocycles. The van der Waals surface area contributed by atoms with Gasteiger partial charge >= 0.3 is 5.97 Å². The van der Waals surface area contributed by atoms with Gasteiger partial charge in [-0.1, -0.05) is 0 Å². The van der Waals surface area contributed by atoms with Crippen molar-refractivity contribution >= 4 is 43.7 Å². The highest BCUT2D eigenvalue weighted by molar-refractivity contribution is 9.10. The molecule has 0 amide bonds. The molecule has 0 spiro atoms. The minimum Gasteiger partial charge on any atom is -0.480 e. The summed E-state index contributed by atoms with van der Waals surface area (Å²) in [7, 11) is -4.05. The Bertz CT molecular complexity index is 652. The Kier molecular flexibility index (Phi) is 4.43. The van der Waals surface area contributed by atoms with Gasteiger partial charge in [0, 0.05) is 5.75 Å². The summed E-state index contributed by atoms with van der Waals surface area (Å²) in [5, 5.41) is 8.60. The number of carbonyl (C=O) groups is 1. The van der Waals surface area contributed by atoms with Crippen LogP contribution in [0.25, 0.3) is 0 Å². The van der Waals surface area contributed by atoms with E-state index in [1.807, 2.05) is 0 Å². The maximum Gasteiger partial charge on any atom is 0.322 e. The van der Waals surface area contributed by atoms with Gasteiger partial charge in [0.05, 0.1) is 14.7 Å². The van der Waals surface area contributed by atoms with Crippen molar-refractivity contribution in [2.45, 2.75) is 23.2 Å². The molecule has 2 atom stereocenters. The third-order valence-electron chi connectivity index (χ3n) is 2.91. The summed E-state index contributed by atoms with van der Waals surface area (Å²) in [5.41, 5.74) is 0. The second kappa shape index (κ2) is 5.63. The number of benzene rings is 1. The Balaban J connectivity index is 2.47. The van der Waals surface area contributed by atoms with Gasteiger partial charge in [-0.2, -0.15) is 4.31 Å². The van der Waals surface area contributed by atoms with E-state index in [2.05, 4.69) is 15.9 Å².